The van der Waals surface area contributed by atoms with Crippen molar-refractivity contribution in [1.82, 2.24) is 9.38 Å². The monoisotopic (exact) mass is 323 g/mol. The summed E-state index contributed by atoms with van der Waals surface area (Å²) in [5.74, 6) is -0.224. The fourth-order valence-electron chi connectivity index (χ4n) is 3.57. The molecule has 2 heterocycles. The second-order valence-corrected chi connectivity index (χ2v) is 6.77. The topological polar surface area (TPSA) is 29.3 Å². The fourth-order valence-corrected chi connectivity index (χ4v) is 3.57. The van der Waals surface area contributed by atoms with E-state index in [0.717, 1.165) is 22.6 Å². The molecule has 3 aromatic rings. The van der Waals surface area contributed by atoms with Gasteiger partial charge in [0.2, 0.25) is 0 Å². The van der Waals surface area contributed by atoms with Gasteiger partial charge in [0.1, 0.15) is 5.82 Å². The quantitative estimate of drug-likeness (QED) is 0.718. The van der Waals surface area contributed by atoms with Crippen LogP contribution in [0.2, 0.25) is 0 Å². The first kappa shape index (κ1) is 15.2. The summed E-state index contributed by atoms with van der Waals surface area (Å²) in [4.78, 5) is 4.80. The van der Waals surface area contributed by atoms with E-state index < -0.39 is 0 Å². The summed E-state index contributed by atoms with van der Waals surface area (Å²) in [5, 5.41) is 3.70. The van der Waals surface area contributed by atoms with Gasteiger partial charge in [-0.1, -0.05) is 19.3 Å². The van der Waals surface area contributed by atoms with E-state index in [1.54, 1.807) is 12.1 Å². The number of hydrogen-bond donors (Lipinski definition) is 1. The van der Waals surface area contributed by atoms with Crippen molar-refractivity contribution in [3.63, 3.8) is 0 Å². The average molecular weight is 323 g/mol. The molecule has 24 heavy (non-hydrogen) atoms. The van der Waals surface area contributed by atoms with Gasteiger partial charge in [0.05, 0.1) is 11.4 Å². The van der Waals surface area contributed by atoms with Crippen molar-refractivity contribution >= 4 is 11.3 Å². The summed E-state index contributed by atoms with van der Waals surface area (Å²) in [5.41, 5.74) is 5.03. The molecule has 0 amide bonds. The molecule has 124 valence electrons. The lowest BCUT2D eigenvalue weighted by Crippen LogP contribution is -2.22. The number of nitrogens with zero attached hydrogens (tertiary/aromatic N) is 2. The molecule has 1 aliphatic rings. The lowest BCUT2D eigenvalue weighted by atomic mass is 9.95. The first-order valence-electron chi connectivity index (χ1n) is 8.71. The van der Waals surface area contributed by atoms with E-state index in [2.05, 4.69) is 28.9 Å². The SMILES string of the molecule is Cc1cc(NC2CCCCC2)c2nc(-c3ccc(F)cc3)cn2c1. The van der Waals surface area contributed by atoms with Crippen LogP contribution < -0.4 is 5.32 Å². The number of pyridine rings is 1. The fraction of sp³-hybridized carbons (Fsp3) is 0.350. The maximum absolute atomic E-state index is 13.1. The second kappa shape index (κ2) is 6.27. The van der Waals surface area contributed by atoms with E-state index in [4.69, 9.17) is 4.98 Å². The number of fused-ring (bicyclic) bond motifs is 1. The highest BCUT2D eigenvalue weighted by molar-refractivity contribution is 5.73. The van der Waals surface area contributed by atoms with Crippen LogP contribution in [0.5, 0.6) is 0 Å². The Hall–Kier alpha value is -2.36. The third-order valence-corrected chi connectivity index (χ3v) is 4.79. The van der Waals surface area contributed by atoms with Crippen molar-refractivity contribution in [3.8, 4) is 11.3 Å². The number of nitrogens with one attached hydrogen (secondary N) is 1. The third-order valence-electron chi connectivity index (χ3n) is 4.79. The molecule has 1 fully saturated rings. The van der Waals surface area contributed by atoms with Gasteiger partial charge in [0.25, 0.3) is 0 Å². The summed E-state index contributed by atoms with van der Waals surface area (Å²) in [6, 6.07) is 9.22. The number of anilines is 1. The zero-order valence-electron chi connectivity index (χ0n) is 13.9. The summed E-state index contributed by atoms with van der Waals surface area (Å²) in [6.07, 6.45) is 10.5. The predicted octanol–water partition coefficient (Wildman–Crippen LogP) is 5.19. The van der Waals surface area contributed by atoms with E-state index in [9.17, 15) is 4.39 Å². The van der Waals surface area contributed by atoms with Crippen LogP contribution in [0.25, 0.3) is 16.9 Å². The minimum absolute atomic E-state index is 0.224. The van der Waals surface area contributed by atoms with E-state index in [1.807, 2.05) is 6.20 Å². The van der Waals surface area contributed by atoms with Crippen molar-refractivity contribution in [2.24, 2.45) is 0 Å². The molecule has 3 nitrogen and oxygen atoms in total. The molecule has 2 aromatic heterocycles. The second-order valence-electron chi connectivity index (χ2n) is 6.77. The molecule has 4 heteroatoms. The van der Waals surface area contributed by atoms with Crippen molar-refractivity contribution < 1.29 is 4.39 Å². The minimum Gasteiger partial charge on any atom is -0.379 e. The molecule has 0 bridgehead atoms. The van der Waals surface area contributed by atoms with Gasteiger partial charge in [-0.2, -0.15) is 0 Å². The van der Waals surface area contributed by atoms with Crippen molar-refractivity contribution in [3.05, 3.63) is 54.1 Å². The molecule has 1 saturated carbocycles. The Morgan fingerprint density at radius 3 is 2.58 bits per heavy atom. The molecule has 1 N–H and O–H groups in total. The molecule has 1 aliphatic carbocycles. The van der Waals surface area contributed by atoms with Crippen LogP contribution in [0.1, 0.15) is 37.7 Å². The Kier molecular flexibility index (Phi) is 3.97. The van der Waals surface area contributed by atoms with Crippen LogP contribution in [0.4, 0.5) is 10.1 Å². The normalized spacial score (nSPS) is 15.8. The Morgan fingerprint density at radius 1 is 1.08 bits per heavy atom. The smallest absolute Gasteiger partial charge is 0.160 e. The van der Waals surface area contributed by atoms with Gasteiger partial charge >= 0.3 is 0 Å². The molecule has 4 rings (SSSR count). The highest BCUT2D eigenvalue weighted by Crippen LogP contribution is 2.27. The summed E-state index contributed by atoms with van der Waals surface area (Å²) >= 11 is 0. The predicted molar refractivity (Wildman–Crippen MR) is 95.8 cm³/mol. The third kappa shape index (κ3) is 3.01. The number of aryl methyl sites for hydroxylation is 1. The zero-order chi connectivity index (χ0) is 16.5. The number of imidazole rings is 1. The highest BCUT2D eigenvalue weighted by Gasteiger charge is 2.16. The first-order chi connectivity index (χ1) is 11.7. The van der Waals surface area contributed by atoms with Gasteiger partial charge in [-0.3, -0.25) is 0 Å². The molecule has 0 atom stereocenters. The van der Waals surface area contributed by atoms with Gasteiger partial charge in [-0.05, 0) is 55.7 Å². The summed E-state index contributed by atoms with van der Waals surface area (Å²) < 4.78 is 15.2. The Labute approximate surface area is 141 Å². The van der Waals surface area contributed by atoms with Crippen LogP contribution in [-0.2, 0) is 0 Å². The number of benzene rings is 1. The lowest BCUT2D eigenvalue weighted by Gasteiger charge is -2.24. The van der Waals surface area contributed by atoms with Crippen LogP contribution in [0.15, 0.2) is 42.7 Å². The van der Waals surface area contributed by atoms with Crippen LogP contribution in [0.3, 0.4) is 0 Å². The van der Waals surface area contributed by atoms with Crippen molar-refractivity contribution in [2.75, 3.05) is 5.32 Å². The molecule has 0 saturated heterocycles. The standard InChI is InChI=1S/C20H22FN3/c1-14-11-18(22-17-5-3-2-4-6-17)20-23-19(13-24(20)12-14)15-7-9-16(21)10-8-15/h7-13,17,22H,2-6H2,1H3. The molecular weight excluding hydrogens is 301 g/mol. The minimum atomic E-state index is -0.224. The van der Waals surface area contributed by atoms with Gasteiger partial charge in [-0.15, -0.1) is 0 Å². The molecule has 1 aromatic carbocycles. The van der Waals surface area contributed by atoms with Gasteiger partial charge in [0.15, 0.2) is 5.65 Å². The summed E-state index contributed by atoms with van der Waals surface area (Å²) in [7, 11) is 0. The summed E-state index contributed by atoms with van der Waals surface area (Å²) in [6.45, 7) is 2.10. The Balaban J connectivity index is 1.72. The molecular formula is C20H22FN3. The maximum Gasteiger partial charge on any atom is 0.160 e. The Bertz CT molecular complexity index is 845. The van der Waals surface area contributed by atoms with E-state index in [-0.39, 0.29) is 5.82 Å². The molecule has 0 unspecified atom stereocenters. The van der Waals surface area contributed by atoms with Gasteiger partial charge < -0.3 is 9.72 Å². The first-order valence-corrected chi connectivity index (χ1v) is 8.71. The molecule has 0 aliphatic heterocycles. The maximum atomic E-state index is 13.1. The van der Waals surface area contributed by atoms with E-state index in [0.29, 0.717) is 6.04 Å². The number of rotatable bonds is 3. The van der Waals surface area contributed by atoms with Gasteiger partial charge in [-0.25, -0.2) is 9.37 Å². The number of halogens is 1. The van der Waals surface area contributed by atoms with Crippen LogP contribution >= 0.6 is 0 Å². The highest BCUT2D eigenvalue weighted by atomic mass is 19.1. The zero-order valence-corrected chi connectivity index (χ0v) is 13.9. The lowest BCUT2D eigenvalue weighted by molar-refractivity contribution is 0.463. The van der Waals surface area contributed by atoms with Crippen molar-refractivity contribution in [2.45, 2.75) is 45.1 Å². The van der Waals surface area contributed by atoms with Crippen molar-refractivity contribution in [1.29, 1.82) is 0 Å². The van der Waals surface area contributed by atoms with E-state index >= 15 is 0 Å². The number of aromatic nitrogens is 2. The largest absolute Gasteiger partial charge is 0.379 e. The molecule has 0 spiro atoms. The number of hydrogen-bond acceptors (Lipinski definition) is 2. The van der Waals surface area contributed by atoms with E-state index in [1.165, 1.54) is 49.8 Å². The molecule has 0 radical (unpaired) electrons. The average Bonchev–Trinajstić information content (AvgIpc) is 3.00. The van der Waals surface area contributed by atoms with Crippen LogP contribution in [0, 0.1) is 12.7 Å². The Morgan fingerprint density at radius 2 is 1.83 bits per heavy atom. The van der Waals surface area contributed by atoms with Crippen LogP contribution in [-0.4, -0.2) is 15.4 Å². The van der Waals surface area contributed by atoms with Gasteiger partial charge in [0, 0.05) is 24.0 Å².